The minimum Gasteiger partial charge on any atom is -0.497 e. The van der Waals surface area contributed by atoms with E-state index in [4.69, 9.17) is 14.2 Å². The Morgan fingerprint density at radius 1 is 1.09 bits per heavy atom. The van der Waals surface area contributed by atoms with Crippen LogP contribution in [0.4, 0.5) is 0 Å². The molecule has 4 heteroatoms. The molecule has 4 nitrogen and oxygen atoms in total. The van der Waals surface area contributed by atoms with Crippen LogP contribution in [0.2, 0.25) is 0 Å². The van der Waals surface area contributed by atoms with Gasteiger partial charge in [0, 0.05) is 11.5 Å². The quantitative estimate of drug-likeness (QED) is 0.811. The Bertz CT molecular complexity index is 720. The number of ether oxygens (including phenoxy) is 3. The van der Waals surface area contributed by atoms with Gasteiger partial charge in [-0.3, -0.25) is 4.79 Å². The number of benzene rings is 2. The second-order valence-electron chi connectivity index (χ2n) is 5.65. The normalized spacial score (nSPS) is 21.5. The minimum atomic E-state index is 0.0637. The molecule has 1 aliphatic carbocycles. The van der Waals surface area contributed by atoms with E-state index in [1.807, 2.05) is 42.5 Å². The summed E-state index contributed by atoms with van der Waals surface area (Å²) in [7, 11) is 1.62. The molecule has 2 aromatic carbocycles. The molecule has 0 bridgehead atoms. The third kappa shape index (κ3) is 2.21. The van der Waals surface area contributed by atoms with Crippen LogP contribution in [0.25, 0.3) is 0 Å². The standard InChI is InChI=1S/C18H16O4/c1-20-13-5-2-11(3-6-13)18(19)15-9-14(15)12-4-7-16-17(8-12)22-10-21-16/h2-8,14-15H,9-10H2,1H3/t14-,15-/m1/s1. The lowest BCUT2D eigenvalue weighted by Gasteiger charge is -2.04. The lowest BCUT2D eigenvalue weighted by atomic mass is 10.0. The maximum atomic E-state index is 12.5. The lowest BCUT2D eigenvalue weighted by molar-refractivity contribution is 0.0965. The Labute approximate surface area is 128 Å². The first-order valence-corrected chi connectivity index (χ1v) is 7.34. The van der Waals surface area contributed by atoms with Crippen molar-refractivity contribution in [1.29, 1.82) is 0 Å². The molecule has 1 aliphatic heterocycles. The number of methoxy groups -OCH3 is 1. The first kappa shape index (κ1) is 13.2. The predicted octanol–water partition coefficient (Wildman–Crippen LogP) is 3.41. The third-order valence-corrected chi connectivity index (χ3v) is 4.33. The van der Waals surface area contributed by atoms with Gasteiger partial charge in [-0.25, -0.2) is 0 Å². The highest BCUT2D eigenvalue weighted by molar-refractivity contribution is 6.00. The van der Waals surface area contributed by atoms with Crippen LogP contribution >= 0.6 is 0 Å². The molecule has 2 atom stereocenters. The smallest absolute Gasteiger partial charge is 0.231 e. The zero-order chi connectivity index (χ0) is 15.1. The summed E-state index contributed by atoms with van der Waals surface area (Å²) in [5, 5.41) is 0. The highest BCUT2D eigenvalue weighted by atomic mass is 16.7. The van der Waals surface area contributed by atoms with Crippen LogP contribution in [0.5, 0.6) is 17.2 Å². The number of rotatable bonds is 4. The average molecular weight is 296 g/mol. The van der Waals surface area contributed by atoms with Crippen molar-refractivity contribution in [3.8, 4) is 17.2 Å². The zero-order valence-electron chi connectivity index (χ0n) is 12.2. The summed E-state index contributed by atoms with van der Waals surface area (Å²) in [6, 6.07) is 13.3. The van der Waals surface area contributed by atoms with E-state index < -0.39 is 0 Å². The Balaban J connectivity index is 1.50. The Morgan fingerprint density at radius 3 is 2.64 bits per heavy atom. The molecule has 1 heterocycles. The molecule has 2 aliphatic rings. The van der Waals surface area contributed by atoms with Gasteiger partial charge in [-0.1, -0.05) is 6.07 Å². The molecule has 112 valence electrons. The van der Waals surface area contributed by atoms with E-state index in [-0.39, 0.29) is 24.4 Å². The van der Waals surface area contributed by atoms with E-state index in [0.717, 1.165) is 34.8 Å². The molecule has 1 saturated carbocycles. The first-order valence-electron chi connectivity index (χ1n) is 7.34. The van der Waals surface area contributed by atoms with Gasteiger partial charge in [0.1, 0.15) is 5.75 Å². The highest BCUT2D eigenvalue weighted by Gasteiger charge is 2.44. The Morgan fingerprint density at radius 2 is 1.86 bits per heavy atom. The fraction of sp³-hybridized carbons (Fsp3) is 0.278. The number of hydrogen-bond acceptors (Lipinski definition) is 4. The molecular formula is C18H16O4. The SMILES string of the molecule is COc1ccc(C(=O)[C@@H]2C[C@@H]2c2ccc3c(c2)OCO3)cc1. The van der Waals surface area contributed by atoms with Crippen LogP contribution in [0.3, 0.4) is 0 Å². The van der Waals surface area contributed by atoms with Gasteiger partial charge < -0.3 is 14.2 Å². The molecule has 0 unspecified atom stereocenters. The van der Waals surface area contributed by atoms with Gasteiger partial charge in [0.05, 0.1) is 7.11 Å². The van der Waals surface area contributed by atoms with E-state index in [1.54, 1.807) is 7.11 Å². The van der Waals surface area contributed by atoms with E-state index >= 15 is 0 Å². The summed E-state index contributed by atoms with van der Waals surface area (Å²) in [6.45, 7) is 0.275. The van der Waals surface area contributed by atoms with Gasteiger partial charge in [-0.05, 0) is 54.3 Å². The van der Waals surface area contributed by atoms with Gasteiger partial charge in [0.2, 0.25) is 6.79 Å². The maximum Gasteiger partial charge on any atom is 0.231 e. The predicted molar refractivity (Wildman–Crippen MR) is 80.7 cm³/mol. The van der Waals surface area contributed by atoms with Crippen molar-refractivity contribution in [1.82, 2.24) is 0 Å². The summed E-state index contributed by atoms with van der Waals surface area (Å²) < 4.78 is 15.8. The minimum absolute atomic E-state index is 0.0637. The molecule has 0 radical (unpaired) electrons. The van der Waals surface area contributed by atoms with Crippen LogP contribution in [0.1, 0.15) is 28.3 Å². The monoisotopic (exact) mass is 296 g/mol. The number of carbonyl (C=O) groups is 1. The van der Waals surface area contributed by atoms with E-state index in [0.29, 0.717) is 0 Å². The second kappa shape index (κ2) is 5.05. The average Bonchev–Trinajstić information content (AvgIpc) is 3.23. The van der Waals surface area contributed by atoms with Crippen molar-refractivity contribution in [3.05, 3.63) is 53.6 Å². The molecule has 0 N–H and O–H groups in total. The lowest BCUT2D eigenvalue weighted by Crippen LogP contribution is -2.03. The Hall–Kier alpha value is -2.49. The number of Topliss-reactive ketones (excluding diaryl/α,β-unsaturated/α-hetero) is 1. The van der Waals surface area contributed by atoms with Crippen molar-refractivity contribution in [2.45, 2.75) is 12.3 Å². The van der Waals surface area contributed by atoms with E-state index in [1.165, 1.54) is 0 Å². The van der Waals surface area contributed by atoms with Gasteiger partial charge in [-0.15, -0.1) is 0 Å². The van der Waals surface area contributed by atoms with E-state index in [9.17, 15) is 4.79 Å². The number of carbonyl (C=O) groups excluding carboxylic acids is 1. The van der Waals surface area contributed by atoms with Gasteiger partial charge >= 0.3 is 0 Å². The van der Waals surface area contributed by atoms with Crippen molar-refractivity contribution in [2.75, 3.05) is 13.9 Å². The molecular weight excluding hydrogens is 280 g/mol. The molecule has 22 heavy (non-hydrogen) atoms. The zero-order valence-corrected chi connectivity index (χ0v) is 12.2. The topological polar surface area (TPSA) is 44.8 Å². The van der Waals surface area contributed by atoms with Crippen LogP contribution < -0.4 is 14.2 Å². The maximum absolute atomic E-state index is 12.5. The molecule has 0 amide bonds. The Kier molecular flexibility index (Phi) is 3.03. The second-order valence-corrected chi connectivity index (χ2v) is 5.65. The first-order chi connectivity index (χ1) is 10.8. The highest BCUT2D eigenvalue weighted by Crippen LogP contribution is 2.51. The van der Waals surface area contributed by atoms with Crippen LogP contribution in [-0.2, 0) is 0 Å². The van der Waals surface area contributed by atoms with Gasteiger partial charge in [-0.2, -0.15) is 0 Å². The van der Waals surface area contributed by atoms with Crippen molar-refractivity contribution in [3.63, 3.8) is 0 Å². The molecule has 1 fully saturated rings. The third-order valence-electron chi connectivity index (χ3n) is 4.33. The number of ketones is 1. The van der Waals surface area contributed by atoms with Crippen LogP contribution in [0.15, 0.2) is 42.5 Å². The summed E-state index contributed by atoms with van der Waals surface area (Å²) in [5.41, 5.74) is 1.89. The van der Waals surface area contributed by atoms with E-state index in [2.05, 4.69) is 0 Å². The van der Waals surface area contributed by atoms with Crippen molar-refractivity contribution in [2.24, 2.45) is 5.92 Å². The van der Waals surface area contributed by atoms with Gasteiger partial charge in [0.15, 0.2) is 17.3 Å². The van der Waals surface area contributed by atoms with Crippen LogP contribution in [0, 0.1) is 5.92 Å². The summed E-state index contributed by atoms with van der Waals surface area (Å²) in [4.78, 5) is 12.5. The summed E-state index contributed by atoms with van der Waals surface area (Å²) in [5.74, 6) is 2.87. The fourth-order valence-corrected chi connectivity index (χ4v) is 2.97. The van der Waals surface area contributed by atoms with Crippen LogP contribution in [-0.4, -0.2) is 19.7 Å². The molecule has 0 spiro atoms. The van der Waals surface area contributed by atoms with Crippen molar-refractivity contribution >= 4 is 5.78 Å². The molecule has 0 saturated heterocycles. The number of fused-ring (bicyclic) bond motifs is 1. The van der Waals surface area contributed by atoms with Crippen molar-refractivity contribution < 1.29 is 19.0 Å². The molecule has 0 aromatic heterocycles. The van der Waals surface area contributed by atoms with Gasteiger partial charge in [0.25, 0.3) is 0 Å². The summed E-state index contributed by atoms with van der Waals surface area (Å²) in [6.07, 6.45) is 0.893. The molecule has 2 aromatic rings. The molecule has 4 rings (SSSR count). The number of hydrogen-bond donors (Lipinski definition) is 0. The fourth-order valence-electron chi connectivity index (χ4n) is 2.97. The largest absolute Gasteiger partial charge is 0.497 e. The summed E-state index contributed by atoms with van der Waals surface area (Å²) >= 11 is 0.